The molecule has 3 aromatic heterocycles. The SMILES string of the molecule is COc1cc(F)c(-c2cnn3ccc(C(=O)Nc4cnccc4[C@@H]4C[C@H](C)C[C@H](NN)C4)nc23)c(F)c1. The summed E-state index contributed by atoms with van der Waals surface area (Å²) in [5.74, 6) is 4.32. The topological polar surface area (TPSA) is 119 Å². The fourth-order valence-corrected chi connectivity index (χ4v) is 5.14. The average molecular weight is 508 g/mol. The van der Waals surface area contributed by atoms with Crippen LogP contribution < -0.4 is 21.3 Å². The fraction of sp³-hybridized carbons (Fsp3) is 0.308. The van der Waals surface area contributed by atoms with Gasteiger partial charge in [-0.05, 0) is 48.8 Å². The van der Waals surface area contributed by atoms with E-state index in [1.165, 1.54) is 30.1 Å². The van der Waals surface area contributed by atoms with Crippen LogP contribution in [-0.2, 0) is 0 Å². The van der Waals surface area contributed by atoms with E-state index < -0.39 is 17.5 Å². The quantitative estimate of drug-likeness (QED) is 0.266. The van der Waals surface area contributed by atoms with Gasteiger partial charge >= 0.3 is 0 Å². The molecule has 11 heteroatoms. The number of carbonyl (C=O) groups is 1. The zero-order valence-electron chi connectivity index (χ0n) is 20.4. The van der Waals surface area contributed by atoms with E-state index in [1.807, 2.05) is 6.07 Å². The van der Waals surface area contributed by atoms with Gasteiger partial charge < -0.3 is 10.1 Å². The molecule has 4 N–H and O–H groups in total. The molecule has 3 heterocycles. The van der Waals surface area contributed by atoms with Gasteiger partial charge in [-0.15, -0.1) is 0 Å². The number of halogens is 2. The van der Waals surface area contributed by atoms with Crippen LogP contribution in [0.3, 0.4) is 0 Å². The first kappa shape index (κ1) is 24.7. The minimum Gasteiger partial charge on any atom is -0.497 e. The van der Waals surface area contributed by atoms with E-state index in [0.29, 0.717) is 11.6 Å². The number of nitrogens with two attached hydrogens (primary N) is 1. The molecule has 0 radical (unpaired) electrons. The number of pyridine rings is 1. The van der Waals surface area contributed by atoms with Crippen molar-refractivity contribution in [3.8, 4) is 16.9 Å². The van der Waals surface area contributed by atoms with Gasteiger partial charge in [0.1, 0.15) is 23.1 Å². The number of nitrogens with one attached hydrogen (secondary N) is 2. The predicted octanol–water partition coefficient (Wildman–Crippen LogP) is 4.07. The van der Waals surface area contributed by atoms with E-state index in [2.05, 4.69) is 32.7 Å². The normalized spacial score (nSPS) is 19.6. The number of ether oxygens (including phenoxy) is 1. The van der Waals surface area contributed by atoms with Crippen molar-refractivity contribution in [2.24, 2.45) is 11.8 Å². The van der Waals surface area contributed by atoms with Gasteiger partial charge in [0.2, 0.25) is 0 Å². The van der Waals surface area contributed by atoms with E-state index in [0.717, 1.165) is 37.0 Å². The van der Waals surface area contributed by atoms with Crippen molar-refractivity contribution < 1.29 is 18.3 Å². The average Bonchev–Trinajstić information content (AvgIpc) is 3.31. The maximum absolute atomic E-state index is 14.8. The molecule has 0 spiro atoms. The molecule has 1 aliphatic rings. The van der Waals surface area contributed by atoms with Crippen LogP contribution in [-0.4, -0.2) is 38.6 Å². The summed E-state index contributed by atoms with van der Waals surface area (Å²) in [5, 5.41) is 7.05. The first-order valence-electron chi connectivity index (χ1n) is 12.0. The third-order valence-corrected chi connectivity index (χ3v) is 6.84. The minimum absolute atomic E-state index is 0.0523. The van der Waals surface area contributed by atoms with Crippen molar-refractivity contribution >= 4 is 17.2 Å². The van der Waals surface area contributed by atoms with E-state index in [-0.39, 0.29) is 40.2 Å². The van der Waals surface area contributed by atoms with E-state index in [1.54, 1.807) is 12.4 Å². The first-order chi connectivity index (χ1) is 17.9. The van der Waals surface area contributed by atoms with E-state index >= 15 is 0 Å². The number of benzene rings is 1. The summed E-state index contributed by atoms with van der Waals surface area (Å²) >= 11 is 0. The van der Waals surface area contributed by atoms with Crippen LogP contribution in [0.25, 0.3) is 16.8 Å². The predicted molar refractivity (Wildman–Crippen MR) is 134 cm³/mol. The Morgan fingerprint density at radius 3 is 2.68 bits per heavy atom. The molecule has 0 saturated heterocycles. The number of hydrogen-bond donors (Lipinski definition) is 3. The molecule has 5 rings (SSSR count). The van der Waals surface area contributed by atoms with Gasteiger partial charge in [0.15, 0.2) is 5.65 Å². The number of rotatable bonds is 6. The number of methoxy groups -OCH3 is 1. The van der Waals surface area contributed by atoms with Gasteiger partial charge in [-0.25, -0.2) is 18.3 Å². The van der Waals surface area contributed by atoms with Crippen LogP contribution in [0.1, 0.15) is 48.2 Å². The van der Waals surface area contributed by atoms with Crippen molar-refractivity contribution in [1.82, 2.24) is 25.0 Å². The van der Waals surface area contributed by atoms with Gasteiger partial charge in [-0.2, -0.15) is 5.10 Å². The number of fused-ring (bicyclic) bond motifs is 1. The number of carbonyl (C=O) groups excluding carboxylic acids is 1. The second-order valence-corrected chi connectivity index (χ2v) is 9.40. The third kappa shape index (κ3) is 4.87. The lowest BCUT2D eigenvalue weighted by atomic mass is 9.76. The minimum atomic E-state index is -0.824. The van der Waals surface area contributed by atoms with Crippen LogP contribution in [0.2, 0.25) is 0 Å². The Kier molecular flexibility index (Phi) is 6.81. The van der Waals surface area contributed by atoms with Gasteiger partial charge in [-0.1, -0.05) is 6.92 Å². The van der Waals surface area contributed by atoms with E-state index in [4.69, 9.17) is 10.6 Å². The maximum atomic E-state index is 14.8. The molecular weight excluding hydrogens is 480 g/mol. The third-order valence-electron chi connectivity index (χ3n) is 6.84. The summed E-state index contributed by atoms with van der Waals surface area (Å²) in [7, 11) is 1.33. The molecule has 1 aliphatic carbocycles. The molecule has 1 aromatic carbocycles. The largest absolute Gasteiger partial charge is 0.497 e. The Bertz CT molecular complexity index is 1440. The molecule has 9 nitrogen and oxygen atoms in total. The van der Waals surface area contributed by atoms with Crippen molar-refractivity contribution in [2.75, 3.05) is 12.4 Å². The number of hydrogen-bond acceptors (Lipinski definition) is 7. The molecule has 1 saturated carbocycles. The summed E-state index contributed by atoms with van der Waals surface area (Å²) in [6.45, 7) is 2.19. The lowest BCUT2D eigenvalue weighted by Crippen LogP contribution is -2.40. The summed E-state index contributed by atoms with van der Waals surface area (Å²) < 4.78 is 35.8. The zero-order valence-corrected chi connectivity index (χ0v) is 20.4. The Balaban J connectivity index is 1.46. The first-order valence-corrected chi connectivity index (χ1v) is 12.0. The van der Waals surface area contributed by atoms with Crippen LogP contribution in [0.4, 0.5) is 14.5 Å². The van der Waals surface area contributed by atoms with Crippen LogP contribution in [0.5, 0.6) is 5.75 Å². The van der Waals surface area contributed by atoms with Crippen molar-refractivity contribution in [3.63, 3.8) is 0 Å². The van der Waals surface area contributed by atoms with Crippen molar-refractivity contribution in [1.29, 1.82) is 0 Å². The Labute approximate surface area is 212 Å². The molecule has 0 bridgehead atoms. The lowest BCUT2D eigenvalue weighted by Gasteiger charge is -2.34. The fourth-order valence-electron chi connectivity index (χ4n) is 5.14. The van der Waals surface area contributed by atoms with Crippen LogP contribution >= 0.6 is 0 Å². The second-order valence-electron chi connectivity index (χ2n) is 9.40. The van der Waals surface area contributed by atoms with Crippen molar-refractivity contribution in [3.05, 3.63) is 71.9 Å². The smallest absolute Gasteiger partial charge is 0.274 e. The number of anilines is 1. The highest BCUT2D eigenvalue weighted by Crippen LogP contribution is 2.39. The summed E-state index contributed by atoms with van der Waals surface area (Å²) in [4.78, 5) is 21.8. The molecule has 37 heavy (non-hydrogen) atoms. The highest BCUT2D eigenvalue weighted by Gasteiger charge is 2.29. The molecular formula is C26H27F2N7O2. The number of amides is 1. The maximum Gasteiger partial charge on any atom is 0.274 e. The Hall–Kier alpha value is -3.96. The summed E-state index contributed by atoms with van der Waals surface area (Å²) in [6.07, 6.45) is 8.95. The van der Waals surface area contributed by atoms with Crippen molar-refractivity contribution in [2.45, 2.75) is 38.1 Å². The number of aromatic nitrogens is 4. The molecule has 3 atom stereocenters. The Morgan fingerprint density at radius 2 is 1.95 bits per heavy atom. The standard InChI is InChI=1S/C26H27F2N7O2/c1-14-7-15(9-16(8-14)34-29)18-3-5-30-13-23(18)33-26(36)22-4-6-35-25(32-22)19(12-31-35)24-20(27)10-17(37-2)11-21(24)28/h3-6,10-16,34H,7-9,29H2,1-2H3,(H,33,36)/t14-,15+,16-/m0/s1. The number of nitrogens with zero attached hydrogens (tertiary/aromatic N) is 4. The Morgan fingerprint density at radius 1 is 1.16 bits per heavy atom. The van der Waals surface area contributed by atoms with Gasteiger partial charge in [0.05, 0.1) is 36.3 Å². The van der Waals surface area contributed by atoms with Gasteiger partial charge in [0, 0.05) is 30.6 Å². The van der Waals surface area contributed by atoms with E-state index in [9.17, 15) is 13.6 Å². The molecule has 1 amide bonds. The van der Waals surface area contributed by atoms with Gasteiger partial charge in [0.25, 0.3) is 5.91 Å². The molecule has 0 unspecified atom stereocenters. The zero-order chi connectivity index (χ0) is 26.1. The monoisotopic (exact) mass is 507 g/mol. The van der Waals surface area contributed by atoms with Crippen LogP contribution in [0, 0.1) is 17.6 Å². The van der Waals surface area contributed by atoms with Crippen LogP contribution in [0.15, 0.2) is 49.1 Å². The molecule has 4 aromatic rings. The highest BCUT2D eigenvalue weighted by atomic mass is 19.1. The lowest BCUT2D eigenvalue weighted by molar-refractivity contribution is 0.102. The number of hydrazine groups is 1. The molecule has 1 fully saturated rings. The summed E-state index contributed by atoms with van der Waals surface area (Å²) in [6, 6.07) is 5.76. The molecule has 0 aliphatic heterocycles. The highest BCUT2D eigenvalue weighted by molar-refractivity contribution is 6.03. The molecule has 192 valence electrons. The summed E-state index contributed by atoms with van der Waals surface area (Å²) in [5.41, 5.74) is 4.47. The second kappa shape index (κ2) is 10.2. The van der Waals surface area contributed by atoms with Gasteiger partial charge in [-0.3, -0.25) is 21.0 Å².